The molecular formula is C22H28N2O3. The van der Waals surface area contributed by atoms with Crippen molar-refractivity contribution in [2.45, 2.75) is 39.7 Å². The van der Waals surface area contributed by atoms with Crippen LogP contribution in [-0.2, 0) is 21.5 Å². The third-order valence-corrected chi connectivity index (χ3v) is 4.34. The highest BCUT2D eigenvalue weighted by molar-refractivity contribution is 5.95. The topological polar surface area (TPSA) is 58.6 Å². The zero-order valence-electron chi connectivity index (χ0n) is 16.7. The summed E-state index contributed by atoms with van der Waals surface area (Å²) in [6, 6.07) is 15.2. The summed E-state index contributed by atoms with van der Waals surface area (Å²) < 4.78 is 5.34. The maximum Gasteiger partial charge on any atom is 0.244 e. The first kappa shape index (κ1) is 20.5. The van der Waals surface area contributed by atoms with Gasteiger partial charge in [-0.15, -0.1) is 0 Å². The number of methoxy groups -OCH3 is 1. The Morgan fingerprint density at radius 3 is 2.30 bits per heavy atom. The predicted octanol–water partition coefficient (Wildman–Crippen LogP) is 3.98. The fourth-order valence-electron chi connectivity index (χ4n) is 2.93. The van der Waals surface area contributed by atoms with Gasteiger partial charge in [0.05, 0.1) is 7.11 Å². The fourth-order valence-corrected chi connectivity index (χ4v) is 2.93. The van der Waals surface area contributed by atoms with Gasteiger partial charge in [0.25, 0.3) is 0 Å². The van der Waals surface area contributed by atoms with Crippen LogP contribution in [0.4, 0.5) is 5.69 Å². The zero-order valence-corrected chi connectivity index (χ0v) is 16.7. The molecule has 0 saturated carbocycles. The molecule has 2 aromatic rings. The first-order valence-corrected chi connectivity index (χ1v) is 8.99. The van der Waals surface area contributed by atoms with Crippen molar-refractivity contribution in [3.63, 3.8) is 0 Å². The van der Waals surface area contributed by atoms with Crippen LogP contribution in [0.25, 0.3) is 0 Å². The summed E-state index contributed by atoms with van der Waals surface area (Å²) in [6.07, 6.45) is 0. The number of amides is 2. The molecule has 0 heterocycles. The average molecular weight is 368 g/mol. The normalized spacial score (nSPS) is 11.0. The number of nitrogens with zero attached hydrogens (tertiary/aromatic N) is 1. The lowest BCUT2D eigenvalue weighted by molar-refractivity contribution is -0.133. The predicted molar refractivity (Wildman–Crippen MR) is 108 cm³/mol. The van der Waals surface area contributed by atoms with Crippen LogP contribution < -0.4 is 10.1 Å². The second-order valence-electron chi connectivity index (χ2n) is 7.53. The van der Waals surface area contributed by atoms with E-state index < -0.39 is 0 Å². The third kappa shape index (κ3) is 5.58. The summed E-state index contributed by atoms with van der Waals surface area (Å²) in [5, 5.41) is 2.95. The first-order chi connectivity index (χ1) is 12.7. The quantitative estimate of drug-likeness (QED) is 0.839. The molecule has 0 fully saturated rings. The monoisotopic (exact) mass is 368 g/mol. The molecular weight excluding hydrogens is 340 g/mol. The van der Waals surface area contributed by atoms with Crippen LogP contribution in [-0.4, -0.2) is 30.4 Å². The number of ether oxygens (including phenoxy) is 1. The number of hydrogen-bond acceptors (Lipinski definition) is 3. The van der Waals surface area contributed by atoms with Crippen molar-refractivity contribution in [1.82, 2.24) is 4.90 Å². The van der Waals surface area contributed by atoms with Gasteiger partial charge in [0.2, 0.25) is 11.8 Å². The first-order valence-electron chi connectivity index (χ1n) is 8.99. The number of nitrogens with one attached hydrogen (secondary N) is 1. The summed E-state index contributed by atoms with van der Waals surface area (Å²) in [5.74, 6) is 0.305. The number of hydrogen-bond donors (Lipinski definition) is 1. The molecule has 0 saturated heterocycles. The SMILES string of the molecule is COc1ccccc1CN(CC(=O)Nc1ccccc1C(C)(C)C)C(C)=O. The summed E-state index contributed by atoms with van der Waals surface area (Å²) in [5.41, 5.74) is 2.59. The van der Waals surface area contributed by atoms with Crippen molar-refractivity contribution in [1.29, 1.82) is 0 Å². The Bertz CT molecular complexity index is 809. The Labute approximate surface area is 161 Å². The summed E-state index contributed by atoms with van der Waals surface area (Å²) in [7, 11) is 1.59. The van der Waals surface area contributed by atoms with Crippen LogP contribution in [0.3, 0.4) is 0 Å². The molecule has 0 aliphatic heterocycles. The number of carbonyl (C=O) groups is 2. The van der Waals surface area contributed by atoms with E-state index in [2.05, 4.69) is 26.1 Å². The molecule has 2 amide bonds. The number of anilines is 1. The lowest BCUT2D eigenvalue weighted by Crippen LogP contribution is -2.36. The summed E-state index contributed by atoms with van der Waals surface area (Å²) in [6.45, 7) is 8.05. The van der Waals surface area contributed by atoms with Gasteiger partial charge in [-0.25, -0.2) is 0 Å². The molecule has 0 radical (unpaired) electrons. The highest BCUT2D eigenvalue weighted by Crippen LogP contribution is 2.29. The van der Waals surface area contributed by atoms with Crippen molar-refractivity contribution in [2.75, 3.05) is 19.0 Å². The number of carbonyl (C=O) groups excluding carboxylic acids is 2. The van der Waals surface area contributed by atoms with Crippen molar-refractivity contribution >= 4 is 17.5 Å². The fraction of sp³-hybridized carbons (Fsp3) is 0.364. The van der Waals surface area contributed by atoms with Crippen molar-refractivity contribution in [2.24, 2.45) is 0 Å². The van der Waals surface area contributed by atoms with Gasteiger partial charge < -0.3 is 15.0 Å². The number of para-hydroxylation sites is 2. The number of benzene rings is 2. The Morgan fingerprint density at radius 1 is 1.04 bits per heavy atom. The van der Waals surface area contributed by atoms with E-state index in [0.717, 1.165) is 16.8 Å². The van der Waals surface area contributed by atoms with E-state index in [1.165, 1.54) is 11.8 Å². The van der Waals surface area contributed by atoms with Crippen LogP contribution in [0.1, 0.15) is 38.8 Å². The van der Waals surface area contributed by atoms with Gasteiger partial charge in [0.1, 0.15) is 12.3 Å². The highest BCUT2D eigenvalue weighted by atomic mass is 16.5. The minimum Gasteiger partial charge on any atom is -0.496 e. The summed E-state index contributed by atoms with van der Waals surface area (Å²) >= 11 is 0. The molecule has 0 bridgehead atoms. The maximum atomic E-state index is 12.6. The molecule has 2 aromatic carbocycles. The Balaban J connectivity index is 2.14. The molecule has 0 unspecified atom stereocenters. The molecule has 5 heteroatoms. The standard InChI is InChI=1S/C22H28N2O3/c1-16(25)24(14-17-10-6-9-13-20(17)27-5)15-21(26)23-19-12-8-7-11-18(19)22(2,3)4/h6-13H,14-15H2,1-5H3,(H,23,26). The lowest BCUT2D eigenvalue weighted by atomic mass is 9.86. The van der Waals surface area contributed by atoms with Gasteiger partial charge in [0.15, 0.2) is 0 Å². The van der Waals surface area contributed by atoms with E-state index in [1.807, 2.05) is 48.5 Å². The Hall–Kier alpha value is -2.82. The minimum absolute atomic E-state index is 0.0220. The van der Waals surface area contributed by atoms with Gasteiger partial charge in [-0.1, -0.05) is 57.2 Å². The molecule has 1 N–H and O–H groups in total. The Morgan fingerprint density at radius 2 is 1.67 bits per heavy atom. The van der Waals surface area contributed by atoms with Gasteiger partial charge in [0, 0.05) is 24.7 Å². The zero-order chi connectivity index (χ0) is 20.0. The molecule has 0 aromatic heterocycles. The molecule has 0 aliphatic carbocycles. The minimum atomic E-state index is -0.225. The van der Waals surface area contributed by atoms with Gasteiger partial charge >= 0.3 is 0 Å². The summed E-state index contributed by atoms with van der Waals surface area (Å²) in [4.78, 5) is 26.2. The van der Waals surface area contributed by atoms with Crippen molar-refractivity contribution < 1.29 is 14.3 Å². The van der Waals surface area contributed by atoms with E-state index in [-0.39, 0.29) is 23.8 Å². The molecule has 0 aliphatic rings. The second-order valence-corrected chi connectivity index (χ2v) is 7.53. The van der Waals surface area contributed by atoms with Gasteiger partial charge in [-0.3, -0.25) is 9.59 Å². The maximum absolute atomic E-state index is 12.6. The largest absolute Gasteiger partial charge is 0.496 e. The van der Waals surface area contributed by atoms with Crippen LogP contribution in [0.2, 0.25) is 0 Å². The van der Waals surface area contributed by atoms with E-state index >= 15 is 0 Å². The van der Waals surface area contributed by atoms with Crippen LogP contribution in [0, 0.1) is 0 Å². The lowest BCUT2D eigenvalue weighted by Gasteiger charge is -2.25. The second kappa shape index (κ2) is 8.71. The van der Waals surface area contributed by atoms with Crippen LogP contribution in [0.5, 0.6) is 5.75 Å². The van der Waals surface area contributed by atoms with E-state index in [4.69, 9.17) is 4.74 Å². The molecule has 0 spiro atoms. The molecule has 2 rings (SSSR count). The smallest absolute Gasteiger partial charge is 0.244 e. The molecule has 5 nitrogen and oxygen atoms in total. The molecule has 144 valence electrons. The van der Waals surface area contributed by atoms with E-state index in [0.29, 0.717) is 12.3 Å². The molecule has 27 heavy (non-hydrogen) atoms. The van der Waals surface area contributed by atoms with Crippen LogP contribution >= 0.6 is 0 Å². The molecule has 0 atom stereocenters. The van der Waals surface area contributed by atoms with Crippen molar-refractivity contribution in [3.05, 3.63) is 59.7 Å². The highest BCUT2D eigenvalue weighted by Gasteiger charge is 2.20. The van der Waals surface area contributed by atoms with Crippen LogP contribution in [0.15, 0.2) is 48.5 Å². The van der Waals surface area contributed by atoms with Gasteiger partial charge in [-0.05, 0) is 23.1 Å². The van der Waals surface area contributed by atoms with Gasteiger partial charge in [-0.2, -0.15) is 0 Å². The van der Waals surface area contributed by atoms with E-state index in [9.17, 15) is 9.59 Å². The Kier molecular flexibility index (Phi) is 6.61. The van der Waals surface area contributed by atoms with Crippen molar-refractivity contribution in [3.8, 4) is 5.75 Å². The van der Waals surface area contributed by atoms with E-state index in [1.54, 1.807) is 7.11 Å². The third-order valence-electron chi connectivity index (χ3n) is 4.34. The average Bonchev–Trinajstić information content (AvgIpc) is 2.61. The number of rotatable bonds is 6.